The Kier molecular flexibility index (Phi) is 4.56. The van der Waals surface area contributed by atoms with Crippen LogP contribution in [0.1, 0.15) is 9.88 Å². The number of aryl methyl sites for hydroxylation is 1. The number of hydrogen-bond donors (Lipinski definition) is 2. The van der Waals surface area contributed by atoms with E-state index in [2.05, 4.69) is 10.3 Å². The van der Waals surface area contributed by atoms with Gasteiger partial charge in [-0.05, 0) is 6.92 Å². The molecule has 1 fully saturated rings. The van der Waals surface area contributed by atoms with Crippen molar-refractivity contribution >= 4 is 23.3 Å². The molecule has 0 radical (unpaired) electrons. The zero-order valence-corrected chi connectivity index (χ0v) is 12.1. The molecule has 0 bridgehead atoms. The Bertz CT molecular complexity index is 505. The molecule has 0 aromatic carbocycles. The van der Waals surface area contributed by atoms with Crippen LogP contribution in [0, 0.1) is 12.8 Å². The van der Waals surface area contributed by atoms with Crippen LogP contribution in [0.15, 0.2) is 6.20 Å². The van der Waals surface area contributed by atoms with Gasteiger partial charge >= 0.3 is 12.0 Å². The molecule has 1 aromatic heterocycles. The summed E-state index contributed by atoms with van der Waals surface area (Å²) in [5.41, 5.74) is 0. The Hall–Kier alpha value is -1.67. The van der Waals surface area contributed by atoms with Gasteiger partial charge in [0.2, 0.25) is 0 Å². The fourth-order valence-corrected chi connectivity index (χ4v) is 2.82. The molecule has 0 saturated carbocycles. The maximum Gasteiger partial charge on any atom is 0.317 e. The summed E-state index contributed by atoms with van der Waals surface area (Å²) in [4.78, 5) is 29.6. The Morgan fingerprint density at radius 2 is 2.35 bits per heavy atom. The zero-order valence-electron chi connectivity index (χ0n) is 11.3. The van der Waals surface area contributed by atoms with Gasteiger partial charge in [0.25, 0.3) is 0 Å². The third-order valence-electron chi connectivity index (χ3n) is 3.27. The van der Waals surface area contributed by atoms with Crippen LogP contribution in [0.5, 0.6) is 0 Å². The van der Waals surface area contributed by atoms with E-state index < -0.39 is 17.9 Å². The van der Waals surface area contributed by atoms with E-state index in [9.17, 15) is 9.59 Å². The summed E-state index contributed by atoms with van der Waals surface area (Å²) in [7, 11) is 1.59. The second-order valence-electron chi connectivity index (χ2n) is 4.66. The molecular formula is C12H17N3O4S. The van der Waals surface area contributed by atoms with E-state index in [0.717, 1.165) is 9.88 Å². The molecule has 0 spiro atoms. The van der Waals surface area contributed by atoms with Crippen molar-refractivity contribution < 1.29 is 19.4 Å². The van der Waals surface area contributed by atoms with Crippen molar-refractivity contribution in [1.82, 2.24) is 15.2 Å². The lowest BCUT2D eigenvalue weighted by Gasteiger charge is -2.26. The van der Waals surface area contributed by atoms with E-state index in [0.29, 0.717) is 6.54 Å². The summed E-state index contributed by atoms with van der Waals surface area (Å²) in [6.07, 6.45) is 1.72. The average molecular weight is 299 g/mol. The molecule has 2 atom stereocenters. The van der Waals surface area contributed by atoms with E-state index in [1.165, 1.54) is 16.2 Å². The molecule has 110 valence electrons. The number of amides is 2. The van der Waals surface area contributed by atoms with Gasteiger partial charge in [0, 0.05) is 18.1 Å². The van der Waals surface area contributed by atoms with E-state index >= 15 is 0 Å². The fraction of sp³-hybridized carbons (Fsp3) is 0.583. The molecule has 1 aromatic rings. The molecule has 1 aliphatic rings. The van der Waals surface area contributed by atoms with Gasteiger partial charge in [-0.1, -0.05) is 0 Å². The number of urea groups is 1. The Balaban J connectivity index is 1.90. The van der Waals surface area contributed by atoms with Gasteiger partial charge in [-0.3, -0.25) is 4.79 Å². The lowest BCUT2D eigenvalue weighted by Crippen LogP contribution is -2.48. The smallest absolute Gasteiger partial charge is 0.317 e. The first-order valence-electron chi connectivity index (χ1n) is 6.21. The van der Waals surface area contributed by atoms with E-state index in [-0.39, 0.29) is 19.2 Å². The van der Waals surface area contributed by atoms with Gasteiger partial charge in [-0.25, -0.2) is 9.78 Å². The lowest BCUT2D eigenvalue weighted by atomic mass is 10.0. The number of carbonyl (C=O) groups is 2. The molecule has 2 amide bonds. The number of rotatable bonds is 4. The van der Waals surface area contributed by atoms with Crippen molar-refractivity contribution in [3.8, 4) is 0 Å². The van der Waals surface area contributed by atoms with Gasteiger partial charge in [0.1, 0.15) is 5.92 Å². The maximum absolute atomic E-state index is 12.0. The summed E-state index contributed by atoms with van der Waals surface area (Å²) >= 11 is 1.52. The Morgan fingerprint density at radius 3 is 2.95 bits per heavy atom. The topological polar surface area (TPSA) is 91.8 Å². The molecule has 7 nitrogen and oxygen atoms in total. The predicted molar refractivity (Wildman–Crippen MR) is 72.6 cm³/mol. The van der Waals surface area contributed by atoms with Crippen LogP contribution in [0.4, 0.5) is 4.79 Å². The quantitative estimate of drug-likeness (QED) is 0.853. The van der Waals surface area contributed by atoms with Crippen molar-refractivity contribution in [3.05, 3.63) is 16.1 Å². The SMILES string of the molecule is Cc1ncc(CNC(=O)N(C)C2COCC2C(=O)O)s1. The highest BCUT2D eigenvalue weighted by Gasteiger charge is 2.38. The number of ether oxygens (including phenoxy) is 1. The number of carboxylic acid groups (broad SMARTS) is 1. The number of nitrogens with one attached hydrogen (secondary N) is 1. The van der Waals surface area contributed by atoms with Crippen molar-refractivity contribution in [1.29, 1.82) is 0 Å². The van der Waals surface area contributed by atoms with Crippen molar-refractivity contribution in [3.63, 3.8) is 0 Å². The summed E-state index contributed by atoms with van der Waals surface area (Å²) in [6, 6.07) is -0.742. The molecule has 2 rings (SSSR count). The number of likely N-dealkylation sites (N-methyl/N-ethyl adjacent to an activating group) is 1. The normalized spacial score (nSPS) is 21.7. The van der Waals surface area contributed by atoms with Crippen LogP contribution >= 0.6 is 11.3 Å². The van der Waals surface area contributed by atoms with Crippen LogP contribution in [0.2, 0.25) is 0 Å². The number of hydrogen-bond acceptors (Lipinski definition) is 5. The molecule has 1 saturated heterocycles. The summed E-state index contributed by atoms with van der Waals surface area (Å²) in [6.45, 7) is 2.68. The average Bonchev–Trinajstić information content (AvgIpc) is 3.03. The molecule has 0 aliphatic carbocycles. The Morgan fingerprint density at radius 1 is 1.60 bits per heavy atom. The zero-order chi connectivity index (χ0) is 14.7. The third kappa shape index (κ3) is 3.26. The molecule has 1 aliphatic heterocycles. The molecule has 20 heavy (non-hydrogen) atoms. The fourth-order valence-electron chi connectivity index (χ4n) is 2.09. The highest BCUT2D eigenvalue weighted by molar-refractivity contribution is 7.11. The van der Waals surface area contributed by atoms with Crippen LogP contribution < -0.4 is 5.32 Å². The summed E-state index contributed by atoms with van der Waals surface area (Å²) < 4.78 is 5.16. The van der Waals surface area contributed by atoms with Crippen molar-refractivity contribution in [2.24, 2.45) is 5.92 Å². The first-order valence-corrected chi connectivity index (χ1v) is 7.03. The molecule has 2 heterocycles. The number of thiazole rings is 1. The summed E-state index contributed by atoms with van der Waals surface area (Å²) in [5, 5.41) is 12.8. The Labute approximate surface area is 120 Å². The van der Waals surface area contributed by atoms with Gasteiger partial charge in [-0.2, -0.15) is 0 Å². The highest BCUT2D eigenvalue weighted by Crippen LogP contribution is 2.19. The largest absolute Gasteiger partial charge is 0.481 e. The molecule has 2 unspecified atom stereocenters. The number of aromatic nitrogens is 1. The lowest BCUT2D eigenvalue weighted by molar-refractivity contribution is -0.142. The number of carbonyl (C=O) groups excluding carboxylic acids is 1. The van der Waals surface area contributed by atoms with Gasteiger partial charge < -0.3 is 20.1 Å². The van der Waals surface area contributed by atoms with E-state index in [1.807, 2.05) is 6.92 Å². The van der Waals surface area contributed by atoms with Crippen molar-refractivity contribution in [2.75, 3.05) is 20.3 Å². The minimum Gasteiger partial charge on any atom is -0.481 e. The maximum atomic E-state index is 12.0. The molecule has 8 heteroatoms. The summed E-state index contributed by atoms with van der Waals surface area (Å²) in [5.74, 6) is -1.61. The standard InChI is InChI=1S/C12H17N3O4S/c1-7-13-3-8(20-7)4-14-12(18)15(2)10-6-19-5-9(10)11(16)17/h3,9-10H,4-6H2,1-2H3,(H,14,18)(H,16,17). The van der Waals surface area contributed by atoms with Gasteiger partial charge in [0.05, 0.1) is 30.8 Å². The monoisotopic (exact) mass is 299 g/mol. The highest BCUT2D eigenvalue weighted by atomic mass is 32.1. The van der Waals surface area contributed by atoms with Gasteiger partial charge in [0.15, 0.2) is 0 Å². The predicted octanol–water partition coefficient (Wildman–Crippen LogP) is 0.693. The van der Waals surface area contributed by atoms with Crippen molar-refractivity contribution in [2.45, 2.75) is 19.5 Å². The minimum absolute atomic E-state index is 0.145. The first-order chi connectivity index (χ1) is 9.49. The second-order valence-corrected chi connectivity index (χ2v) is 5.98. The van der Waals surface area contributed by atoms with Gasteiger partial charge in [-0.15, -0.1) is 11.3 Å². The van der Waals surface area contributed by atoms with Crippen LogP contribution in [-0.4, -0.2) is 53.3 Å². The molecule has 2 N–H and O–H groups in total. The van der Waals surface area contributed by atoms with Crippen LogP contribution in [-0.2, 0) is 16.1 Å². The van der Waals surface area contributed by atoms with Crippen LogP contribution in [0.3, 0.4) is 0 Å². The van der Waals surface area contributed by atoms with E-state index in [1.54, 1.807) is 13.2 Å². The third-order valence-corrected chi connectivity index (χ3v) is 4.18. The van der Waals surface area contributed by atoms with E-state index in [4.69, 9.17) is 9.84 Å². The first kappa shape index (κ1) is 14.7. The minimum atomic E-state index is -0.940. The molecular weight excluding hydrogens is 282 g/mol. The van der Waals surface area contributed by atoms with Crippen LogP contribution in [0.25, 0.3) is 0 Å². The number of carboxylic acids is 1. The number of nitrogens with zero attached hydrogens (tertiary/aromatic N) is 2. The second kappa shape index (κ2) is 6.19. The number of aliphatic carboxylic acids is 1.